The molecule has 2 nitrogen and oxygen atoms in total. The van der Waals surface area contributed by atoms with Gasteiger partial charge in [-0.3, -0.25) is 4.79 Å². The predicted molar refractivity (Wildman–Crippen MR) is 61.0 cm³/mol. The molecule has 0 N–H and O–H groups in total. The maximum Gasteiger partial charge on any atom is 0.226 e. The van der Waals surface area contributed by atoms with Gasteiger partial charge in [0.25, 0.3) is 0 Å². The highest BCUT2D eigenvalue weighted by Crippen LogP contribution is 2.02. The molecule has 0 bridgehead atoms. The van der Waals surface area contributed by atoms with Crippen molar-refractivity contribution >= 4 is 5.91 Å². The van der Waals surface area contributed by atoms with Gasteiger partial charge < -0.3 is 4.90 Å². The quantitative estimate of drug-likeness (QED) is 0.587. The van der Waals surface area contributed by atoms with Crippen LogP contribution in [0, 0.1) is 6.42 Å². The highest BCUT2D eigenvalue weighted by atomic mass is 16.2. The highest BCUT2D eigenvalue weighted by Gasteiger charge is 2.10. The first kappa shape index (κ1) is 13.5. The zero-order chi connectivity index (χ0) is 10.8. The summed E-state index contributed by atoms with van der Waals surface area (Å²) >= 11 is 0. The van der Waals surface area contributed by atoms with Crippen molar-refractivity contribution in [1.29, 1.82) is 0 Å². The number of amides is 1. The second kappa shape index (κ2) is 9.04. The molecule has 0 aliphatic heterocycles. The van der Waals surface area contributed by atoms with E-state index in [2.05, 4.69) is 13.8 Å². The SMILES string of the molecule is CC[CH]C(=O)N(CCCC)CCCC. The molecule has 0 aromatic rings. The molecular formula is C12H24NO. The zero-order valence-corrected chi connectivity index (χ0v) is 9.88. The summed E-state index contributed by atoms with van der Waals surface area (Å²) in [5.74, 6) is 0.217. The summed E-state index contributed by atoms with van der Waals surface area (Å²) in [5, 5.41) is 0. The minimum absolute atomic E-state index is 0.217. The van der Waals surface area contributed by atoms with Gasteiger partial charge in [-0.15, -0.1) is 0 Å². The van der Waals surface area contributed by atoms with E-state index in [9.17, 15) is 4.79 Å². The number of carbonyl (C=O) groups excluding carboxylic acids is 1. The van der Waals surface area contributed by atoms with Gasteiger partial charge in [-0.05, 0) is 19.3 Å². The molecule has 0 spiro atoms. The third kappa shape index (κ3) is 6.01. The van der Waals surface area contributed by atoms with Crippen molar-refractivity contribution in [3.05, 3.63) is 6.42 Å². The van der Waals surface area contributed by atoms with E-state index in [0.717, 1.165) is 45.2 Å². The van der Waals surface area contributed by atoms with Crippen LogP contribution in [-0.2, 0) is 4.79 Å². The van der Waals surface area contributed by atoms with Gasteiger partial charge in [0, 0.05) is 19.5 Å². The molecule has 0 aliphatic carbocycles. The van der Waals surface area contributed by atoms with Crippen molar-refractivity contribution in [2.75, 3.05) is 13.1 Å². The average Bonchev–Trinajstić information content (AvgIpc) is 2.18. The van der Waals surface area contributed by atoms with Crippen molar-refractivity contribution in [2.24, 2.45) is 0 Å². The Morgan fingerprint density at radius 2 is 1.57 bits per heavy atom. The van der Waals surface area contributed by atoms with Gasteiger partial charge >= 0.3 is 0 Å². The molecule has 0 aromatic heterocycles. The molecule has 0 rings (SSSR count). The first-order valence-electron chi connectivity index (χ1n) is 5.88. The first-order valence-corrected chi connectivity index (χ1v) is 5.88. The van der Waals surface area contributed by atoms with Crippen LogP contribution in [0.3, 0.4) is 0 Å². The standard InChI is InChI=1S/C12H24NO/c1-4-7-10-13(11-8-5-2)12(14)9-6-3/h9H,4-8,10-11H2,1-3H3. The summed E-state index contributed by atoms with van der Waals surface area (Å²) in [6, 6.07) is 0. The van der Waals surface area contributed by atoms with E-state index in [-0.39, 0.29) is 5.91 Å². The second-order valence-corrected chi connectivity index (χ2v) is 3.64. The second-order valence-electron chi connectivity index (χ2n) is 3.64. The number of carbonyl (C=O) groups is 1. The molecule has 0 fully saturated rings. The van der Waals surface area contributed by atoms with Gasteiger partial charge in [0.2, 0.25) is 5.91 Å². The molecule has 0 aliphatic rings. The lowest BCUT2D eigenvalue weighted by Gasteiger charge is -2.21. The maximum atomic E-state index is 11.6. The topological polar surface area (TPSA) is 20.3 Å². The molecule has 14 heavy (non-hydrogen) atoms. The lowest BCUT2D eigenvalue weighted by atomic mass is 10.2. The molecule has 0 saturated carbocycles. The summed E-state index contributed by atoms with van der Waals surface area (Å²) in [6.07, 6.45) is 7.17. The van der Waals surface area contributed by atoms with E-state index in [4.69, 9.17) is 0 Å². The van der Waals surface area contributed by atoms with Gasteiger partial charge in [0.05, 0.1) is 0 Å². The van der Waals surface area contributed by atoms with E-state index in [1.807, 2.05) is 11.8 Å². The Bertz CT molecular complexity index is 137. The maximum absolute atomic E-state index is 11.6. The molecule has 83 valence electrons. The van der Waals surface area contributed by atoms with Gasteiger partial charge in [-0.25, -0.2) is 0 Å². The highest BCUT2D eigenvalue weighted by molar-refractivity contribution is 5.84. The molecule has 0 atom stereocenters. The molecule has 1 amide bonds. The van der Waals surface area contributed by atoms with Crippen LogP contribution in [0.4, 0.5) is 0 Å². The van der Waals surface area contributed by atoms with Gasteiger partial charge in [0.1, 0.15) is 0 Å². The number of hydrogen-bond donors (Lipinski definition) is 0. The summed E-state index contributed by atoms with van der Waals surface area (Å²) in [6.45, 7) is 8.17. The van der Waals surface area contributed by atoms with E-state index >= 15 is 0 Å². The van der Waals surface area contributed by atoms with Gasteiger partial charge in [0.15, 0.2) is 0 Å². The summed E-state index contributed by atoms with van der Waals surface area (Å²) in [4.78, 5) is 13.6. The Balaban J connectivity index is 3.88. The third-order valence-corrected chi connectivity index (χ3v) is 2.25. The van der Waals surface area contributed by atoms with Crippen molar-refractivity contribution in [1.82, 2.24) is 4.90 Å². The Morgan fingerprint density at radius 1 is 1.07 bits per heavy atom. The number of rotatable bonds is 8. The molecule has 0 saturated heterocycles. The number of nitrogens with zero attached hydrogens (tertiary/aromatic N) is 1. The van der Waals surface area contributed by atoms with Crippen LogP contribution in [0.2, 0.25) is 0 Å². The van der Waals surface area contributed by atoms with Crippen LogP contribution < -0.4 is 0 Å². The monoisotopic (exact) mass is 198 g/mol. The van der Waals surface area contributed by atoms with Crippen LogP contribution in [0.1, 0.15) is 52.9 Å². The molecule has 0 aromatic carbocycles. The van der Waals surface area contributed by atoms with E-state index < -0.39 is 0 Å². The smallest absolute Gasteiger partial charge is 0.226 e. The zero-order valence-electron chi connectivity index (χ0n) is 9.88. The van der Waals surface area contributed by atoms with Crippen molar-refractivity contribution in [3.8, 4) is 0 Å². The van der Waals surface area contributed by atoms with Crippen LogP contribution in [0.15, 0.2) is 0 Å². The molecule has 1 radical (unpaired) electrons. The fourth-order valence-electron chi connectivity index (χ4n) is 1.33. The van der Waals surface area contributed by atoms with Crippen molar-refractivity contribution in [2.45, 2.75) is 52.9 Å². The summed E-state index contributed by atoms with van der Waals surface area (Å²) in [5.41, 5.74) is 0. The third-order valence-electron chi connectivity index (χ3n) is 2.25. The first-order chi connectivity index (χ1) is 6.76. The Morgan fingerprint density at radius 3 is 1.93 bits per heavy atom. The minimum atomic E-state index is 0.217. The average molecular weight is 198 g/mol. The molecule has 2 heteroatoms. The Labute approximate surface area is 88.7 Å². The molecule has 0 unspecified atom stereocenters. The molecular weight excluding hydrogens is 174 g/mol. The number of hydrogen-bond acceptors (Lipinski definition) is 1. The molecule has 0 heterocycles. The van der Waals surface area contributed by atoms with Gasteiger partial charge in [-0.1, -0.05) is 33.6 Å². The normalized spacial score (nSPS) is 10.2. The van der Waals surface area contributed by atoms with Crippen LogP contribution >= 0.6 is 0 Å². The van der Waals surface area contributed by atoms with Crippen molar-refractivity contribution in [3.63, 3.8) is 0 Å². The van der Waals surface area contributed by atoms with Crippen LogP contribution in [-0.4, -0.2) is 23.9 Å². The van der Waals surface area contributed by atoms with E-state index in [1.54, 1.807) is 6.42 Å². The summed E-state index contributed by atoms with van der Waals surface area (Å²) < 4.78 is 0. The van der Waals surface area contributed by atoms with Gasteiger partial charge in [-0.2, -0.15) is 0 Å². The van der Waals surface area contributed by atoms with Crippen molar-refractivity contribution < 1.29 is 4.79 Å². The fraction of sp³-hybridized carbons (Fsp3) is 0.833. The van der Waals surface area contributed by atoms with Crippen LogP contribution in [0.25, 0.3) is 0 Å². The number of unbranched alkanes of at least 4 members (excludes halogenated alkanes) is 2. The van der Waals surface area contributed by atoms with Crippen LogP contribution in [0.5, 0.6) is 0 Å². The Hall–Kier alpha value is -0.530. The lowest BCUT2D eigenvalue weighted by Crippen LogP contribution is -2.32. The Kier molecular flexibility index (Phi) is 8.70. The predicted octanol–water partition coefficient (Wildman–Crippen LogP) is 3.03. The lowest BCUT2D eigenvalue weighted by molar-refractivity contribution is -0.127. The minimum Gasteiger partial charge on any atom is -0.342 e. The van der Waals surface area contributed by atoms with E-state index in [1.165, 1.54) is 0 Å². The fourth-order valence-corrected chi connectivity index (χ4v) is 1.33. The van der Waals surface area contributed by atoms with E-state index in [0.29, 0.717) is 0 Å². The largest absolute Gasteiger partial charge is 0.342 e. The summed E-state index contributed by atoms with van der Waals surface area (Å²) in [7, 11) is 0.